The van der Waals surface area contributed by atoms with Crippen molar-refractivity contribution in [2.24, 2.45) is 11.3 Å². The number of benzene rings is 2. The average molecular weight is 543 g/mol. The molecule has 2 aliphatic rings. The molecule has 8 nitrogen and oxygen atoms in total. The topological polar surface area (TPSA) is 96.6 Å². The summed E-state index contributed by atoms with van der Waals surface area (Å²) in [7, 11) is 1.31. The van der Waals surface area contributed by atoms with Crippen molar-refractivity contribution in [2.45, 2.75) is 45.2 Å². The summed E-state index contributed by atoms with van der Waals surface area (Å²) in [5, 5.41) is 4.91. The van der Waals surface area contributed by atoms with Crippen LogP contribution in [0.2, 0.25) is 0 Å². The third-order valence-corrected chi connectivity index (χ3v) is 7.84. The molecule has 0 saturated carbocycles. The van der Waals surface area contributed by atoms with Crippen LogP contribution >= 0.6 is 15.9 Å². The number of nitrogens with zero attached hydrogens (tertiary/aromatic N) is 2. The van der Waals surface area contributed by atoms with Gasteiger partial charge in [0, 0.05) is 28.4 Å². The number of carbonyl (C=O) groups is 2. The van der Waals surface area contributed by atoms with Gasteiger partial charge in [0.2, 0.25) is 5.91 Å². The zero-order chi connectivity index (χ0) is 24.7. The molecule has 35 heavy (non-hydrogen) atoms. The lowest BCUT2D eigenvalue weighted by Crippen LogP contribution is -2.51. The number of methoxy groups -OCH3 is 1. The van der Waals surface area contributed by atoms with Gasteiger partial charge in [-0.25, -0.2) is 9.78 Å². The van der Waals surface area contributed by atoms with Crippen LogP contribution in [0.5, 0.6) is 0 Å². The summed E-state index contributed by atoms with van der Waals surface area (Å²) >= 11 is 3.54. The summed E-state index contributed by atoms with van der Waals surface area (Å²) in [6.07, 6.45) is 2.14. The van der Waals surface area contributed by atoms with E-state index in [9.17, 15) is 9.59 Å². The van der Waals surface area contributed by atoms with Crippen molar-refractivity contribution in [3.8, 4) is 0 Å². The monoisotopic (exact) mass is 542 g/mol. The zero-order valence-electron chi connectivity index (χ0n) is 20.3. The number of ether oxygens (including phenoxy) is 2. The van der Waals surface area contributed by atoms with Crippen LogP contribution in [0.3, 0.4) is 0 Å². The van der Waals surface area contributed by atoms with Crippen LogP contribution in [-0.2, 0) is 14.3 Å². The standard InChI is InChI=1S/C26H31BrN4O4/c1-15(2)21(30-25(33)34-3)24(32)31-13-26(9-4-10-35-14-26)12-20(31)23-28-19-8-5-16-11-17(27)6-7-18(16)22(19)29-23/h5-8,11,15,20-21H,4,9-10,12-14H2,1-3H3,(H,28,29)(H,30,33)/t20-,21-,26-/m0/s1. The average Bonchev–Trinajstić information content (AvgIpc) is 3.44. The Kier molecular flexibility index (Phi) is 6.48. The summed E-state index contributed by atoms with van der Waals surface area (Å²) < 4.78 is 11.7. The highest BCUT2D eigenvalue weighted by Gasteiger charge is 2.50. The Morgan fingerprint density at radius 1 is 1.31 bits per heavy atom. The molecule has 3 aromatic rings. The number of nitrogens with one attached hydrogen (secondary N) is 2. The second kappa shape index (κ2) is 9.43. The largest absolute Gasteiger partial charge is 0.453 e. The van der Waals surface area contributed by atoms with Gasteiger partial charge in [0.15, 0.2) is 0 Å². The van der Waals surface area contributed by atoms with E-state index in [1.54, 1.807) is 0 Å². The predicted octanol–water partition coefficient (Wildman–Crippen LogP) is 4.93. The number of hydrogen-bond acceptors (Lipinski definition) is 5. The van der Waals surface area contributed by atoms with Crippen molar-refractivity contribution in [3.63, 3.8) is 0 Å². The summed E-state index contributed by atoms with van der Waals surface area (Å²) in [5.41, 5.74) is 1.72. The number of carbonyl (C=O) groups excluding carboxylic acids is 2. The van der Waals surface area contributed by atoms with E-state index in [0.717, 1.165) is 58.0 Å². The van der Waals surface area contributed by atoms with Gasteiger partial charge in [-0.3, -0.25) is 4.79 Å². The van der Waals surface area contributed by atoms with Crippen LogP contribution < -0.4 is 5.32 Å². The number of likely N-dealkylation sites (tertiary alicyclic amines) is 1. The molecule has 2 aromatic carbocycles. The third kappa shape index (κ3) is 4.51. The van der Waals surface area contributed by atoms with Gasteiger partial charge in [0.1, 0.15) is 11.9 Å². The number of imidazole rings is 1. The molecule has 0 radical (unpaired) electrons. The fourth-order valence-electron chi connectivity index (χ4n) is 5.56. The minimum atomic E-state index is -0.688. The van der Waals surface area contributed by atoms with Gasteiger partial charge in [-0.1, -0.05) is 41.9 Å². The molecule has 186 valence electrons. The maximum Gasteiger partial charge on any atom is 0.407 e. The SMILES string of the molecule is COC(=O)N[C@H](C(=O)N1C[C@]2(CCCOC2)C[C@H]1c1nc2c(ccc3cc(Br)ccc32)[nH]1)C(C)C. The minimum absolute atomic E-state index is 0.0977. The maximum atomic E-state index is 13.9. The molecule has 0 aliphatic carbocycles. The summed E-state index contributed by atoms with van der Waals surface area (Å²) in [6, 6.07) is 9.35. The number of aromatic amines is 1. The first-order valence-electron chi connectivity index (χ1n) is 12.1. The van der Waals surface area contributed by atoms with Gasteiger partial charge in [0.05, 0.1) is 30.8 Å². The Hall–Kier alpha value is -2.65. The van der Waals surface area contributed by atoms with E-state index >= 15 is 0 Å². The number of fused-ring (bicyclic) bond motifs is 3. The molecule has 2 saturated heterocycles. The smallest absolute Gasteiger partial charge is 0.407 e. The van der Waals surface area contributed by atoms with Gasteiger partial charge in [-0.2, -0.15) is 0 Å². The Labute approximate surface area is 212 Å². The lowest BCUT2D eigenvalue weighted by atomic mass is 9.80. The highest BCUT2D eigenvalue weighted by Crippen LogP contribution is 2.47. The Morgan fingerprint density at radius 2 is 2.14 bits per heavy atom. The number of halogens is 1. The van der Waals surface area contributed by atoms with Gasteiger partial charge in [0.25, 0.3) is 0 Å². The molecule has 0 unspecified atom stereocenters. The fourth-order valence-corrected chi connectivity index (χ4v) is 5.93. The van der Waals surface area contributed by atoms with Crippen molar-refractivity contribution >= 4 is 49.7 Å². The van der Waals surface area contributed by atoms with Crippen molar-refractivity contribution < 1.29 is 19.1 Å². The van der Waals surface area contributed by atoms with Gasteiger partial charge >= 0.3 is 6.09 Å². The summed E-state index contributed by atoms with van der Waals surface area (Å²) in [5.74, 6) is 0.554. The van der Waals surface area contributed by atoms with Crippen molar-refractivity contribution in [1.29, 1.82) is 0 Å². The van der Waals surface area contributed by atoms with E-state index in [1.807, 2.05) is 30.9 Å². The second-order valence-electron chi connectivity index (χ2n) is 10.1. The van der Waals surface area contributed by atoms with E-state index < -0.39 is 12.1 Å². The van der Waals surface area contributed by atoms with Crippen molar-refractivity contribution in [1.82, 2.24) is 20.2 Å². The van der Waals surface area contributed by atoms with Crippen LogP contribution in [-0.4, -0.2) is 59.8 Å². The highest BCUT2D eigenvalue weighted by molar-refractivity contribution is 9.10. The lowest BCUT2D eigenvalue weighted by molar-refractivity contribution is -0.136. The summed E-state index contributed by atoms with van der Waals surface area (Å²) in [4.78, 5) is 36.3. The normalized spacial score (nSPS) is 23.3. The molecule has 1 spiro atoms. The molecule has 3 atom stereocenters. The first-order valence-corrected chi connectivity index (χ1v) is 12.9. The zero-order valence-corrected chi connectivity index (χ0v) is 21.9. The molecule has 2 aliphatic heterocycles. The minimum Gasteiger partial charge on any atom is -0.453 e. The van der Waals surface area contributed by atoms with E-state index in [-0.39, 0.29) is 23.3 Å². The van der Waals surface area contributed by atoms with Gasteiger partial charge < -0.3 is 24.7 Å². The van der Waals surface area contributed by atoms with E-state index in [1.165, 1.54) is 7.11 Å². The number of aromatic nitrogens is 2. The van der Waals surface area contributed by atoms with Crippen molar-refractivity contribution in [3.05, 3.63) is 40.6 Å². The molecule has 2 N–H and O–H groups in total. The summed E-state index contributed by atoms with van der Waals surface area (Å²) in [6.45, 7) is 5.81. The first-order chi connectivity index (χ1) is 16.8. The Balaban J connectivity index is 1.55. The molecule has 1 aromatic heterocycles. The molecule has 5 rings (SSSR count). The van der Waals surface area contributed by atoms with Crippen LogP contribution in [0.15, 0.2) is 34.8 Å². The first kappa shape index (κ1) is 24.1. The van der Waals surface area contributed by atoms with Crippen molar-refractivity contribution in [2.75, 3.05) is 26.9 Å². The number of amides is 2. The van der Waals surface area contributed by atoms with E-state index in [2.05, 4.69) is 44.4 Å². The van der Waals surface area contributed by atoms with Gasteiger partial charge in [-0.05, 0) is 48.8 Å². The maximum absolute atomic E-state index is 13.9. The van der Waals surface area contributed by atoms with Crippen LogP contribution in [0.4, 0.5) is 4.79 Å². The molecule has 3 heterocycles. The number of alkyl carbamates (subject to hydrolysis) is 1. The van der Waals surface area contributed by atoms with Crippen LogP contribution in [0.1, 0.15) is 45.0 Å². The fraction of sp³-hybridized carbons (Fsp3) is 0.500. The number of H-pyrrole nitrogens is 1. The van der Waals surface area contributed by atoms with Crippen LogP contribution in [0.25, 0.3) is 21.8 Å². The predicted molar refractivity (Wildman–Crippen MR) is 137 cm³/mol. The molecular weight excluding hydrogens is 512 g/mol. The molecular formula is C26H31BrN4O4. The Bertz CT molecular complexity index is 1270. The molecule has 0 bridgehead atoms. The number of rotatable bonds is 4. The molecule has 2 amide bonds. The van der Waals surface area contributed by atoms with Crippen LogP contribution in [0, 0.1) is 11.3 Å². The second-order valence-corrected chi connectivity index (χ2v) is 11.1. The quantitative estimate of drug-likeness (QED) is 0.487. The lowest BCUT2D eigenvalue weighted by Gasteiger charge is -2.33. The number of hydrogen-bond donors (Lipinski definition) is 2. The van der Waals surface area contributed by atoms with E-state index in [0.29, 0.717) is 13.2 Å². The molecule has 9 heteroatoms. The highest BCUT2D eigenvalue weighted by atomic mass is 79.9. The Morgan fingerprint density at radius 3 is 2.86 bits per heavy atom. The van der Waals surface area contributed by atoms with Gasteiger partial charge in [-0.15, -0.1) is 0 Å². The van der Waals surface area contributed by atoms with E-state index in [4.69, 9.17) is 14.5 Å². The molecule has 2 fully saturated rings. The third-order valence-electron chi connectivity index (χ3n) is 7.35.